The van der Waals surface area contributed by atoms with Gasteiger partial charge in [0.1, 0.15) is 11.5 Å². The van der Waals surface area contributed by atoms with Gasteiger partial charge in [-0.2, -0.15) is 4.31 Å². The van der Waals surface area contributed by atoms with Crippen molar-refractivity contribution < 1.29 is 22.7 Å². The summed E-state index contributed by atoms with van der Waals surface area (Å²) in [6, 6.07) is 22.3. The predicted molar refractivity (Wildman–Crippen MR) is 148 cm³/mol. The van der Waals surface area contributed by atoms with E-state index in [1.165, 1.54) is 10.4 Å². The van der Waals surface area contributed by atoms with Crippen LogP contribution in [0.25, 0.3) is 0 Å². The molecule has 1 aliphatic rings. The number of anilines is 1. The van der Waals surface area contributed by atoms with Crippen LogP contribution in [0.15, 0.2) is 77.7 Å². The van der Waals surface area contributed by atoms with Crippen LogP contribution in [0.1, 0.15) is 11.1 Å². The van der Waals surface area contributed by atoms with Gasteiger partial charge >= 0.3 is 0 Å². The first kappa shape index (κ1) is 27.5. The summed E-state index contributed by atoms with van der Waals surface area (Å²) in [6.07, 6.45) is 0.508. The predicted octanol–water partition coefficient (Wildman–Crippen LogP) is 3.59. The zero-order chi connectivity index (χ0) is 27.1. The SMILES string of the molecule is COc1ccc(N2CCN(C(=O)CN(CCc3ccccc3)S(=O)(=O)c3ccc(OC)c(C)c3)CC2)cc1. The van der Waals surface area contributed by atoms with Crippen LogP contribution in [0.5, 0.6) is 11.5 Å². The lowest BCUT2D eigenvalue weighted by molar-refractivity contribution is -0.131. The molecule has 4 rings (SSSR count). The van der Waals surface area contributed by atoms with Crippen molar-refractivity contribution in [2.45, 2.75) is 18.2 Å². The number of aryl methyl sites for hydroxylation is 1. The van der Waals surface area contributed by atoms with E-state index in [1.807, 2.05) is 54.6 Å². The van der Waals surface area contributed by atoms with Gasteiger partial charge in [0.05, 0.1) is 25.7 Å². The van der Waals surface area contributed by atoms with Crippen LogP contribution in [0.2, 0.25) is 0 Å². The molecule has 0 spiro atoms. The van der Waals surface area contributed by atoms with Gasteiger partial charge in [-0.1, -0.05) is 30.3 Å². The standard InChI is InChI=1S/C29H35N3O5S/c1-23-21-27(13-14-28(23)37-3)38(34,35)32(16-15-24-7-5-4-6-8-24)22-29(33)31-19-17-30(18-20-31)25-9-11-26(36-2)12-10-25/h4-14,21H,15-20,22H2,1-3H3. The highest BCUT2D eigenvalue weighted by atomic mass is 32.2. The molecule has 1 heterocycles. The molecule has 0 saturated carbocycles. The zero-order valence-corrected chi connectivity index (χ0v) is 23.0. The molecule has 1 fully saturated rings. The van der Waals surface area contributed by atoms with Gasteiger partial charge in [-0.25, -0.2) is 8.42 Å². The van der Waals surface area contributed by atoms with Gasteiger partial charge in [0, 0.05) is 38.4 Å². The summed E-state index contributed by atoms with van der Waals surface area (Å²) in [5.74, 6) is 1.22. The number of sulfonamides is 1. The number of methoxy groups -OCH3 is 2. The van der Waals surface area contributed by atoms with Gasteiger partial charge in [0.2, 0.25) is 15.9 Å². The van der Waals surface area contributed by atoms with Crippen LogP contribution >= 0.6 is 0 Å². The summed E-state index contributed by atoms with van der Waals surface area (Å²) in [4.78, 5) is 17.5. The Morgan fingerprint density at radius 3 is 2.18 bits per heavy atom. The minimum Gasteiger partial charge on any atom is -0.497 e. The molecular formula is C29H35N3O5S. The van der Waals surface area contributed by atoms with Crippen LogP contribution in [0.3, 0.4) is 0 Å². The Morgan fingerprint density at radius 1 is 0.895 bits per heavy atom. The lowest BCUT2D eigenvalue weighted by Gasteiger charge is -2.37. The van der Waals surface area contributed by atoms with Crippen molar-refractivity contribution in [1.82, 2.24) is 9.21 Å². The second kappa shape index (κ2) is 12.3. The number of rotatable bonds is 10. The van der Waals surface area contributed by atoms with Gasteiger partial charge in [-0.15, -0.1) is 0 Å². The number of nitrogens with zero attached hydrogens (tertiary/aromatic N) is 3. The Bertz CT molecular complexity index is 1320. The molecule has 9 heteroatoms. The minimum atomic E-state index is -3.90. The molecule has 0 bridgehead atoms. The van der Waals surface area contributed by atoms with E-state index in [9.17, 15) is 13.2 Å². The van der Waals surface area contributed by atoms with Crippen LogP contribution in [-0.2, 0) is 21.2 Å². The largest absolute Gasteiger partial charge is 0.497 e. The molecular weight excluding hydrogens is 502 g/mol. The van der Waals surface area contributed by atoms with Gasteiger partial charge in [0.25, 0.3) is 0 Å². The molecule has 3 aromatic carbocycles. The molecule has 0 aliphatic carbocycles. The van der Waals surface area contributed by atoms with Crippen molar-refractivity contribution in [1.29, 1.82) is 0 Å². The van der Waals surface area contributed by atoms with E-state index < -0.39 is 10.0 Å². The van der Waals surface area contributed by atoms with Gasteiger partial charge in [-0.05, 0) is 66.9 Å². The Kier molecular flexibility index (Phi) is 8.91. The van der Waals surface area contributed by atoms with Crippen LogP contribution < -0.4 is 14.4 Å². The summed E-state index contributed by atoms with van der Waals surface area (Å²) < 4.78 is 39.3. The third kappa shape index (κ3) is 6.46. The van der Waals surface area contributed by atoms with Crippen molar-refractivity contribution in [2.75, 3.05) is 58.4 Å². The van der Waals surface area contributed by atoms with Crippen LogP contribution in [0.4, 0.5) is 5.69 Å². The summed E-state index contributed by atoms with van der Waals surface area (Å²) in [5.41, 5.74) is 2.80. The lowest BCUT2D eigenvalue weighted by Crippen LogP contribution is -2.52. The number of hydrogen-bond acceptors (Lipinski definition) is 6. The van der Waals surface area contributed by atoms with Crippen LogP contribution in [0, 0.1) is 6.92 Å². The Balaban J connectivity index is 1.47. The highest BCUT2D eigenvalue weighted by Crippen LogP contribution is 2.25. The van der Waals surface area contributed by atoms with E-state index >= 15 is 0 Å². The topological polar surface area (TPSA) is 79.4 Å². The number of piperazine rings is 1. The highest BCUT2D eigenvalue weighted by molar-refractivity contribution is 7.89. The Labute approximate surface area is 225 Å². The number of amides is 1. The molecule has 0 N–H and O–H groups in total. The van der Waals surface area contributed by atoms with Crippen molar-refractivity contribution in [2.24, 2.45) is 0 Å². The average molecular weight is 538 g/mol. The van der Waals surface area contributed by atoms with E-state index in [1.54, 1.807) is 38.2 Å². The average Bonchev–Trinajstić information content (AvgIpc) is 2.95. The monoisotopic (exact) mass is 537 g/mol. The normalized spacial score (nSPS) is 14.0. The summed E-state index contributed by atoms with van der Waals surface area (Å²) in [6.45, 7) is 4.20. The van der Waals surface area contributed by atoms with E-state index in [4.69, 9.17) is 9.47 Å². The summed E-state index contributed by atoms with van der Waals surface area (Å²) in [7, 11) is -0.716. The van der Waals surface area contributed by atoms with Crippen LogP contribution in [-0.4, -0.2) is 77.0 Å². The molecule has 0 radical (unpaired) electrons. The van der Waals surface area contributed by atoms with Crippen molar-refractivity contribution in [3.63, 3.8) is 0 Å². The minimum absolute atomic E-state index is 0.154. The number of ether oxygens (including phenoxy) is 2. The molecule has 38 heavy (non-hydrogen) atoms. The fourth-order valence-electron chi connectivity index (χ4n) is 4.60. The number of carbonyl (C=O) groups excluding carboxylic acids is 1. The van der Waals surface area contributed by atoms with Gasteiger partial charge in [-0.3, -0.25) is 4.79 Å². The Hall–Kier alpha value is -3.56. The number of carbonyl (C=O) groups is 1. The molecule has 1 amide bonds. The third-order valence-corrected chi connectivity index (χ3v) is 8.72. The summed E-state index contributed by atoms with van der Waals surface area (Å²) >= 11 is 0. The van der Waals surface area contributed by atoms with Gasteiger partial charge < -0.3 is 19.3 Å². The quantitative estimate of drug-likeness (QED) is 0.393. The maximum absolute atomic E-state index is 13.7. The van der Waals surface area contributed by atoms with Crippen molar-refractivity contribution in [3.05, 3.63) is 83.9 Å². The number of hydrogen-bond donors (Lipinski definition) is 0. The maximum Gasteiger partial charge on any atom is 0.243 e. The molecule has 1 saturated heterocycles. The highest BCUT2D eigenvalue weighted by Gasteiger charge is 2.30. The first-order valence-corrected chi connectivity index (χ1v) is 14.1. The molecule has 0 unspecified atom stereocenters. The van der Waals surface area contributed by atoms with Gasteiger partial charge in [0.15, 0.2) is 0 Å². The molecule has 1 aliphatic heterocycles. The molecule has 3 aromatic rings. The maximum atomic E-state index is 13.7. The first-order chi connectivity index (χ1) is 18.3. The van der Waals surface area contributed by atoms with Crippen molar-refractivity contribution >= 4 is 21.6 Å². The fourth-order valence-corrected chi connectivity index (χ4v) is 6.08. The van der Waals surface area contributed by atoms with Crippen molar-refractivity contribution in [3.8, 4) is 11.5 Å². The number of benzene rings is 3. The van der Waals surface area contributed by atoms with E-state index in [2.05, 4.69) is 4.90 Å². The molecule has 202 valence electrons. The summed E-state index contributed by atoms with van der Waals surface area (Å²) in [5, 5.41) is 0. The van der Waals surface area contributed by atoms with E-state index in [0.29, 0.717) is 38.3 Å². The van der Waals surface area contributed by atoms with E-state index in [0.717, 1.165) is 22.6 Å². The second-order valence-corrected chi connectivity index (χ2v) is 11.2. The second-order valence-electron chi connectivity index (χ2n) is 9.27. The molecule has 0 atom stereocenters. The van der Waals surface area contributed by atoms with E-state index in [-0.39, 0.29) is 23.9 Å². The third-order valence-electron chi connectivity index (χ3n) is 6.88. The molecule has 0 aromatic heterocycles. The smallest absolute Gasteiger partial charge is 0.243 e. The first-order valence-electron chi connectivity index (χ1n) is 12.7. The Morgan fingerprint density at radius 2 is 1.58 bits per heavy atom. The fraction of sp³-hybridized carbons (Fsp3) is 0.345. The molecule has 8 nitrogen and oxygen atoms in total. The lowest BCUT2D eigenvalue weighted by atomic mass is 10.1. The zero-order valence-electron chi connectivity index (χ0n) is 22.2.